The number of nitrogens with one attached hydrogen (secondary N) is 1. The van der Waals surface area contributed by atoms with Gasteiger partial charge in [0.2, 0.25) is 5.91 Å². The smallest absolute Gasteiger partial charge is 0.220 e. The molecule has 0 radical (unpaired) electrons. The van der Waals surface area contributed by atoms with Crippen LogP contribution in [-0.4, -0.2) is 140 Å². The number of allylic oxidation sites excluding steroid dienone is 13. The van der Waals surface area contributed by atoms with E-state index in [0.717, 1.165) is 83.5 Å². The molecule has 1 amide bonds. The Morgan fingerprint density at radius 3 is 1.29 bits per heavy atom. The van der Waals surface area contributed by atoms with Crippen LogP contribution in [0.15, 0.2) is 85.1 Å². The summed E-state index contributed by atoms with van der Waals surface area (Å²) in [6.07, 6.45) is 54.8. The van der Waals surface area contributed by atoms with Crippen LogP contribution >= 0.6 is 0 Å². The molecule has 12 atom stereocenters. The summed E-state index contributed by atoms with van der Waals surface area (Å²) in [6.45, 7) is 2.68. The van der Waals surface area contributed by atoms with E-state index in [1.165, 1.54) is 135 Å². The van der Waals surface area contributed by atoms with Crippen LogP contribution in [0.3, 0.4) is 0 Å². The number of amides is 1. The second-order valence-corrected chi connectivity index (χ2v) is 22.9. The van der Waals surface area contributed by atoms with Crippen molar-refractivity contribution in [3.8, 4) is 0 Å². The molecule has 0 aromatic rings. The highest BCUT2D eigenvalue weighted by atomic mass is 16.7. The van der Waals surface area contributed by atoms with Gasteiger partial charge < -0.3 is 65.1 Å². The lowest BCUT2D eigenvalue weighted by Crippen LogP contribution is -2.65. The molecule has 0 bridgehead atoms. The minimum atomic E-state index is -1.80. The number of carbonyl (C=O) groups is 1. The number of hydrogen-bond donors (Lipinski definition) is 9. The molecule has 2 aliphatic heterocycles. The molecule has 0 aromatic heterocycles. The van der Waals surface area contributed by atoms with Crippen LogP contribution < -0.4 is 5.32 Å². The average molecular weight is 1160 g/mol. The molecular formula is C68H119NO13. The van der Waals surface area contributed by atoms with Gasteiger partial charge in [-0.1, -0.05) is 253 Å². The average Bonchev–Trinajstić information content (AvgIpc) is 3.53. The van der Waals surface area contributed by atoms with Gasteiger partial charge in [0.05, 0.1) is 32.0 Å². The molecule has 2 rings (SSSR count). The van der Waals surface area contributed by atoms with E-state index < -0.39 is 86.8 Å². The highest BCUT2D eigenvalue weighted by Crippen LogP contribution is 2.30. The first kappa shape index (κ1) is 75.3. The summed E-state index contributed by atoms with van der Waals surface area (Å²) in [4.78, 5) is 13.3. The molecular weight excluding hydrogens is 1040 g/mol. The van der Waals surface area contributed by atoms with E-state index in [-0.39, 0.29) is 18.9 Å². The summed E-state index contributed by atoms with van der Waals surface area (Å²) >= 11 is 0. The van der Waals surface area contributed by atoms with Gasteiger partial charge in [0.15, 0.2) is 12.6 Å². The predicted molar refractivity (Wildman–Crippen MR) is 332 cm³/mol. The van der Waals surface area contributed by atoms with E-state index in [4.69, 9.17) is 18.9 Å². The lowest BCUT2D eigenvalue weighted by molar-refractivity contribution is -0.359. The van der Waals surface area contributed by atoms with Gasteiger partial charge in [-0.25, -0.2) is 0 Å². The molecule has 2 heterocycles. The molecule has 82 heavy (non-hydrogen) atoms. The van der Waals surface area contributed by atoms with Gasteiger partial charge in [-0.2, -0.15) is 0 Å². The second-order valence-electron chi connectivity index (χ2n) is 22.9. The standard InChI is InChI=1S/C68H119NO13/c1-3-5-7-9-11-13-15-17-19-21-23-25-27-28-30-31-33-35-37-39-41-43-45-47-49-51-57(72)56(55-79-67-65(78)63(76)66(59(54-71)81-67)82-68-64(77)62(75)61(74)58(53-70)80-68)69-60(73)52-50-48-46-44-42-40-38-36-34-32-29-26-24-22-20-18-16-14-12-10-8-6-4-2/h6,8,12,14,18,20,24,26,32,34,38,40,49,51,56-59,61-68,70-72,74-78H,3-5,7,9-11,13,15-17,19,21-23,25,27-31,33,35-37,39,41-48,50,52-55H2,1-2H3,(H,69,73)/b8-6-,14-12-,20-18-,26-24-,34-32-,40-38-,51-49+. The molecule has 9 N–H and O–H groups in total. The number of unbranched alkanes of at least 4 members (excludes halogenated alkanes) is 27. The van der Waals surface area contributed by atoms with Gasteiger partial charge in [-0.05, 0) is 70.6 Å². The van der Waals surface area contributed by atoms with Crippen molar-refractivity contribution in [2.75, 3.05) is 19.8 Å². The van der Waals surface area contributed by atoms with Crippen LogP contribution in [-0.2, 0) is 23.7 Å². The number of aliphatic hydroxyl groups is 8. The first-order valence-electron chi connectivity index (χ1n) is 32.8. The quantitative estimate of drug-likeness (QED) is 0.0204. The van der Waals surface area contributed by atoms with Crippen molar-refractivity contribution in [3.05, 3.63) is 85.1 Å². The van der Waals surface area contributed by atoms with Crippen LogP contribution in [0.2, 0.25) is 0 Å². The van der Waals surface area contributed by atoms with Gasteiger partial charge in [-0.3, -0.25) is 4.79 Å². The van der Waals surface area contributed by atoms with E-state index in [1.807, 2.05) is 6.08 Å². The summed E-state index contributed by atoms with van der Waals surface area (Å²) < 4.78 is 22.8. The van der Waals surface area contributed by atoms with E-state index in [0.29, 0.717) is 6.42 Å². The maximum atomic E-state index is 13.3. The third-order valence-corrected chi connectivity index (χ3v) is 15.6. The van der Waals surface area contributed by atoms with Crippen LogP contribution in [0.5, 0.6) is 0 Å². The Morgan fingerprint density at radius 1 is 0.451 bits per heavy atom. The Morgan fingerprint density at radius 2 is 0.841 bits per heavy atom. The number of carbonyl (C=O) groups excluding carboxylic acids is 1. The maximum absolute atomic E-state index is 13.3. The van der Waals surface area contributed by atoms with Gasteiger partial charge in [0.25, 0.3) is 0 Å². The van der Waals surface area contributed by atoms with Crippen molar-refractivity contribution in [1.82, 2.24) is 5.32 Å². The number of hydrogen-bond acceptors (Lipinski definition) is 13. The highest BCUT2D eigenvalue weighted by molar-refractivity contribution is 5.76. The Bertz CT molecular complexity index is 1700. The first-order valence-corrected chi connectivity index (χ1v) is 32.8. The second kappa shape index (κ2) is 52.5. The topological polar surface area (TPSA) is 228 Å². The van der Waals surface area contributed by atoms with Crippen molar-refractivity contribution >= 4 is 5.91 Å². The Labute approximate surface area is 497 Å². The zero-order valence-electron chi connectivity index (χ0n) is 51.2. The number of aliphatic hydroxyl groups excluding tert-OH is 8. The molecule has 2 aliphatic rings. The monoisotopic (exact) mass is 1160 g/mol. The Kier molecular flexibility index (Phi) is 48.2. The highest BCUT2D eigenvalue weighted by Gasteiger charge is 2.51. The zero-order chi connectivity index (χ0) is 59.5. The van der Waals surface area contributed by atoms with E-state index in [9.17, 15) is 45.6 Å². The summed E-state index contributed by atoms with van der Waals surface area (Å²) in [5.74, 6) is -0.265. The fourth-order valence-corrected chi connectivity index (χ4v) is 10.4. The number of rotatable bonds is 52. The minimum Gasteiger partial charge on any atom is -0.394 e. The van der Waals surface area contributed by atoms with Crippen LogP contribution in [0.4, 0.5) is 0 Å². The zero-order valence-corrected chi connectivity index (χ0v) is 51.2. The summed E-state index contributed by atoms with van der Waals surface area (Å²) in [5, 5.41) is 87.3. The molecule has 0 spiro atoms. The third-order valence-electron chi connectivity index (χ3n) is 15.6. The van der Waals surface area contributed by atoms with Gasteiger partial charge >= 0.3 is 0 Å². The molecule has 2 fully saturated rings. The molecule has 0 aliphatic carbocycles. The Hall–Kier alpha value is -2.83. The summed E-state index contributed by atoms with van der Waals surface area (Å²) in [6, 6.07) is -0.935. The van der Waals surface area contributed by atoms with Crippen LogP contribution in [0.1, 0.15) is 245 Å². The number of ether oxygens (including phenoxy) is 4. The van der Waals surface area contributed by atoms with Crippen molar-refractivity contribution < 1.29 is 64.6 Å². The third kappa shape index (κ3) is 36.9. The van der Waals surface area contributed by atoms with Gasteiger partial charge in [0.1, 0.15) is 48.8 Å². The van der Waals surface area contributed by atoms with Crippen molar-refractivity contribution in [2.24, 2.45) is 0 Å². The van der Waals surface area contributed by atoms with E-state index >= 15 is 0 Å². The van der Waals surface area contributed by atoms with Crippen LogP contribution in [0.25, 0.3) is 0 Å². The van der Waals surface area contributed by atoms with Crippen molar-refractivity contribution in [3.63, 3.8) is 0 Å². The minimum absolute atomic E-state index is 0.247. The van der Waals surface area contributed by atoms with E-state index in [2.05, 4.69) is 92.1 Å². The Balaban J connectivity index is 1.75. The molecule has 0 saturated carbocycles. The van der Waals surface area contributed by atoms with Crippen molar-refractivity contribution in [2.45, 2.75) is 319 Å². The molecule has 474 valence electrons. The molecule has 14 nitrogen and oxygen atoms in total. The largest absolute Gasteiger partial charge is 0.394 e. The lowest BCUT2D eigenvalue weighted by atomic mass is 9.97. The normalized spacial score (nSPS) is 24.5. The van der Waals surface area contributed by atoms with Crippen LogP contribution in [0, 0.1) is 0 Å². The summed E-state index contributed by atoms with van der Waals surface area (Å²) in [5.41, 5.74) is 0. The fraction of sp³-hybridized carbons (Fsp3) is 0.779. The summed E-state index contributed by atoms with van der Waals surface area (Å²) in [7, 11) is 0. The SMILES string of the molecule is CC/C=C\C/C=C\C/C=C\C/C=C\C/C=C\C/C=C\CCCCCCC(=O)NC(COC1OC(CO)C(OC2OC(CO)C(O)C(O)C2O)C(O)C1O)C(O)/C=C/CCCCCCCCCCCCCCCCCCCCCCCCC. The molecule has 14 heteroatoms. The maximum Gasteiger partial charge on any atom is 0.220 e. The predicted octanol–water partition coefficient (Wildman–Crippen LogP) is 12.4. The lowest BCUT2D eigenvalue weighted by Gasteiger charge is -2.46. The fourth-order valence-electron chi connectivity index (χ4n) is 10.4. The van der Waals surface area contributed by atoms with Gasteiger partial charge in [0, 0.05) is 6.42 Å². The first-order chi connectivity index (χ1) is 40.1. The molecule has 12 unspecified atom stereocenters. The molecule has 0 aromatic carbocycles. The van der Waals surface area contributed by atoms with Gasteiger partial charge in [-0.15, -0.1) is 0 Å². The van der Waals surface area contributed by atoms with Crippen molar-refractivity contribution in [1.29, 1.82) is 0 Å². The van der Waals surface area contributed by atoms with E-state index in [1.54, 1.807) is 6.08 Å². The molecule has 2 saturated heterocycles.